The molecule has 0 saturated heterocycles. The van der Waals surface area contributed by atoms with Gasteiger partial charge >= 0.3 is 0 Å². The molecule has 0 aliphatic rings. The first-order valence-corrected chi connectivity index (χ1v) is 8.05. The van der Waals surface area contributed by atoms with Crippen molar-refractivity contribution >= 4 is 23.4 Å². The number of hydrogen-bond acceptors (Lipinski definition) is 4. The minimum atomic E-state index is -0.379. The quantitative estimate of drug-likeness (QED) is 0.834. The van der Waals surface area contributed by atoms with E-state index < -0.39 is 0 Å². The van der Waals surface area contributed by atoms with Gasteiger partial charge in [-0.1, -0.05) is 27.7 Å². The average Bonchev–Trinajstić information content (AvgIpc) is 2.61. The van der Waals surface area contributed by atoms with E-state index in [1.165, 1.54) is 38.1 Å². The molecule has 2 N–H and O–H groups in total. The maximum Gasteiger partial charge on any atom is 0.251 e. The molecule has 0 bridgehead atoms. The second-order valence-corrected chi connectivity index (χ2v) is 4.35. The van der Waals surface area contributed by atoms with E-state index in [0.717, 1.165) is 0 Å². The summed E-state index contributed by atoms with van der Waals surface area (Å²) in [4.78, 5) is 44.8. The molecule has 6 heteroatoms. The van der Waals surface area contributed by atoms with Crippen LogP contribution in [0.15, 0.2) is 24.3 Å². The lowest BCUT2D eigenvalue weighted by Crippen LogP contribution is -2.29. The summed E-state index contributed by atoms with van der Waals surface area (Å²) in [6, 6.07) is 5.94. The van der Waals surface area contributed by atoms with Crippen molar-refractivity contribution in [1.82, 2.24) is 10.6 Å². The molecular weight excluding hydrogens is 308 g/mol. The van der Waals surface area contributed by atoms with Gasteiger partial charge in [-0.05, 0) is 38.1 Å². The summed E-state index contributed by atoms with van der Waals surface area (Å²) in [5.41, 5.74) is 0.712. The Labute approximate surface area is 144 Å². The molecule has 2 amide bonds. The molecule has 0 saturated carbocycles. The second kappa shape index (κ2) is 14.1. The van der Waals surface area contributed by atoms with Crippen LogP contribution < -0.4 is 10.6 Å². The van der Waals surface area contributed by atoms with Crippen LogP contribution in [0.3, 0.4) is 0 Å². The fourth-order valence-corrected chi connectivity index (χ4v) is 1.39. The molecule has 0 aromatic heterocycles. The molecule has 0 fully saturated rings. The van der Waals surface area contributed by atoms with E-state index >= 15 is 0 Å². The fraction of sp³-hybridized carbons (Fsp3) is 0.444. The van der Waals surface area contributed by atoms with Gasteiger partial charge in [-0.3, -0.25) is 19.2 Å². The molecule has 0 aliphatic heterocycles. The Kier molecular flexibility index (Phi) is 14.0. The highest BCUT2D eigenvalue weighted by Crippen LogP contribution is 2.04. The topological polar surface area (TPSA) is 92.3 Å². The second-order valence-electron chi connectivity index (χ2n) is 4.35. The van der Waals surface area contributed by atoms with Crippen molar-refractivity contribution in [3.63, 3.8) is 0 Å². The largest absolute Gasteiger partial charge is 0.345 e. The summed E-state index contributed by atoms with van der Waals surface area (Å²) in [5.74, 6) is -1.04. The standard InChI is InChI=1S/C14H16N2O4.2C2H6/c1-9(17)7-15-13(19)11-3-5-12(6-4-11)14(20)16-8-10(2)18;2*1-2/h3-6H,7-8H2,1-2H3,(H,15,19)(H,16,20);2*1-2H3. The molecule has 0 aliphatic carbocycles. The zero-order valence-electron chi connectivity index (χ0n) is 15.4. The Balaban J connectivity index is 0. The lowest BCUT2D eigenvalue weighted by molar-refractivity contribution is -0.116. The number of ketones is 2. The van der Waals surface area contributed by atoms with E-state index in [2.05, 4.69) is 10.6 Å². The number of Topliss-reactive ketones (excluding diaryl/α,β-unsaturated/α-hetero) is 2. The van der Waals surface area contributed by atoms with Gasteiger partial charge in [0.25, 0.3) is 11.8 Å². The number of hydrogen-bond donors (Lipinski definition) is 2. The van der Waals surface area contributed by atoms with Gasteiger partial charge in [0.15, 0.2) is 0 Å². The van der Waals surface area contributed by atoms with Crippen molar-refractivity contribution in [2.45, 2.75) is 41.5 Å². The minimum absolute atomic E-state index is 0.0281. The van der Waals surface area contributed by atoms with Crippen molar-refractivity contribution < 1.29 is 19.2 Å². The Morgan fingerprint density at radius 2 is 0.917 bits per heavy atom. The van der Waals surface area contributed by atoms with E-state index in [4.69, 9.17) is 0 Å². The third-order valence-electron chi connectivity index (χ3n) is 2.41. The molecule has 0 heterocycles. The third kappa shape index (κ3) is 10.3. The Morgan fingerprint density at radius 1 is 0.667 bits per heavy atom. The Morgan fingerprint density at radius 3 is 1.12 bits per heavy atom. The van der Waals surface area contributed by atoms with Crippen LogP contribution in [0, 0.1) is 0 Å². The lowest BCUT2D eigenvalue weighted by Gasteiger charge is -2.05. The van der Waals surface area contributed by atoms with Crippen molar-refractivity contribution in [1.29, 1.82) is 0 Å². The van der Waals surface area contributed by atoms with Crippen LogP contribution in [0.1, 0.15) is 62.3 Å². The van der Waals surface area contributed by atoms with Crippen molar-refractivity contribution in [3.8, 4) is 0 Å². The summed E-state index contributed by atoms with van der Waals surface area (Å²) in [7, 11) is 0. The van der Waals surface area contributed by atoms with Crippen LogP contribution in [-0.4, -0.2) is 36.5 Å². The van der Waals surface area contributed by atoms with Crippen LogP contribution in [0.25, 0.3) is 0 Å². The monoisotopic (exact) mass is 336 g/mol. The Bertz CT molecular complexity index is 487. The fourth-order valence-electron chi connectivity index (χ4n) is 1.39. The smallest absolute Gasteiger partial charge is 0.251 e. The van der Waals surface area contributed by atoms with Gasteiger partial charge in [0.2, 0.25) is 0 Å². The van der Waals surface area contributed by atoms with Crippen molar-refractivity contribution in [2.75, 3.05) is 13.1 Å². The molecule has 0 unspecified atom stereocenters. The first-order valence-electron chi connectivity index (χ1n) is 8.05. The number of nitrogens with one attached hydrogen (secondary N) is 2. The summed E-state index contributed by atoms with van der Waals surface area (Å²) in [6.45, 7) is 10.7. The number of rotatable bonds is 6. The van der Waals surface area contributed by atoms with E-state index in [1.807, 2.05) is 27.7 Å². The van der Waals surface area contributed by atoms with Crippen LogP contribution in [0.5, 0.6) is 0 Å². The molecule has 1 aromatic carbocycles. The van der Waals surface area contributed by atoms with E-state index in [0.29, 0.717) is 11.1 Å². The molecule has 0 atom stereocenters. The van der Waals surface area contributed by atoms with Gasteiger partial charge < -0.3 is 10.6 Å². The zero-order chi connectivity index (χ0) is 19.1. The number of amides is 2. The molecule has 0 radical (unpaired) electrons. The molecule has 24 heavy (non-hydrogen) atoms. The zero-order valence-corrected chi connectivity index (χ0v) is 15.4. The van der Waals surface area contributed by atoms with Gasteiger partial charge in [-0.25, -0.2) is 0 Å². The molecule has 0 spiro atoms. The van der Waals surface area contributed by atoms with Crippen LogP contribution in [0.4, 0.5) is 0 Å². The summed E-state index contributed by atoms with van der Waals surface area (Å²) < 4.78 is 0. The van der Waals surface area contributed by atoms with Crippen LogP contribution >= 0.6 is 0 Å². The summed E-state index contributed by atoms with van der Waals surface area (Å²) >= 11 is 0. The third-order valence-corrected chi connectivity index (χ3v) is 2.41. The van der Waals surface area contributed by atoms with Crippen LogP contribution in [-0.2, 0) is 9.59 Å². The van der Waals surface area contributed by atoms with E-state index in [1.54, 1.807) is 0 Å². The molecule has 1 rings (SSSR count). The minimum Gasteiger partial charge on any atom is -0.345 e. The highest BCUT2D eigenvalue weighted by molar-refractivity contribution is 5.99. The van der Waals surface area contributed by atoms with Crippen LogP contribution in [0.2, 0.25) is 0 Å². The maximum absolute atomic E-state index is 11.6. The molecular formula is C18H28N2O4. The number of benzene rings is 1. The molecule has 134 valence electrons. The predicted octanol–water partition coefficient (Wildman–Crippen LogP) is 2.38. The Hall–Kier alpha value is -2.50. The maximum atomic E-state index is 11.6. The lowest BCUT2D eigenvalue weighted by atomic mass is 10.1. The van der Waals surface area contributed by atoms with E-state index in [9.17, 15) is 19.2 Å². The average molecular weight is 336 g/mol. The van der Waals surface area contributed by atoms with Crippen molar-refractivity contribution in [2.24, 2.45) is 0 Å². The summed E-state index contributed by atoms with van der Waals surface area (Å²) in [6.07, 6.45) is 0. The van der Waals surface area contributed by atoms with Gasteiger partial charge in [-0.15, -0.1) is 0 Å². The van der Waals surface area contributed by atoms with Gasteiger partial charge in [-0.2, -0.15) is 0 Å². The highest BCUT2D eigenvalue weighted by atomic mass is 16.2. The first kappa shape index (κ1) is 23.8. The van der Waals surface area contributed by atoms with Crippen molar-refractivity contribution in [3.05, 3.63) is 35.4 Å². The van der Waals surface area contributed by atoms with Gasteiger partial charge in [0.1, 0.15) is 11.6 Å². The number of carbonyl (C=O) groups excluding carboxylic acids is 4. The normalized spacial score (nSPS) is 8.58. The first-order chi connectivity index (χ1) is 11.4. The molecule has 6 nitrogen and oxygen atoms in total. The predicted molar refractivity (Wildman–Crippen MR) is 95.2 cm³/mol. The van der Waals surface area contributed by atoms with Gasteiger partial charge in [0, 0.05) is 11.1 Å². The van der Waals surface area contributed by atoms with Gasteiger partial charge in [0.05, 0.1) is 13.1 Å². The number of carbonyl (C=O) groups is 4. The molecule has 1 aromatic rings. The SMILES string of the molecule is CC.CC.CC(=O)CNC(=O)c1ccc(C(=O)NCC(C)=O)cc1. The van der Waals surface area contributed by atoms with E-state index in [-0.39, 0.29) is 36.5 Å². The highest BCUT2D eigenvalue weighted by Gasteiger charge is 2.09. The summed E-state index contributed by atoms with van der Waals surface area (Å²) in [5, 5.41) is 4.91.